The first-order chi connectivity index (χ1) is 9.79. The van der Waals surface area contributed by atoms with Crippen LogP contribution in [0.15, 0.2) is 36.5 Å². The molecule has 2 aromatic rings. The van der Waals surface area contributed by atoms with Gasteiger partial charge in [0, 0.05) is 6.20 Å². The van der Waals surface area contributed by atoms with E-state index in [-0.39, 0.29) is 16.3 Å². The second-order valence-corrected chi connectivity index (χ2v) is 4.31. The van der Waals surface area contributed by atoms with Gasteiger partial charge in [0.25, 0.3) is 0 Å². The highest BCUT2D eigenvalue weighted by Crippen LogP contribution is 2.36. The lowest BCUT2D eigenvalue weighted by Gasteiger charge is -2.12. The number of benzene rings is 1. The smallest absolute Gasteiger partial charge is 0.421 e. The van der Waals surface area contributed by atoms with Gasteiger partial charge in [-0.15, -0.1) is 0 Å². The average molecular weight is 318 g/mol. The number of nitrogens with zero attached hydrogens (tertiary/aromatic N) is 1. The summed E-state index contributed by atoms with van der Waals surface area (Å²) in [6, 6.07) is 5.44. The summed E-state index contributed by atoms with van der Waals surface area (Å²) in [6.07, 6.45) is -3.50. The summed E-state index contributed by atoms with van der Waals surface area (Å²) in [5.74, 6) is -2.09. The zero-order chi connectivity index (χ0) is 15.6. The van der Waals surface area contributed by atoms with Crippen LogP contribution in [0.1, 0.15) is 15.9 Å². The largest absolute Gasteiger partial charge is 0.478 e. The summed E-state index contributed by atoms with van der Waals surface area (Å²) in [4.78, 5) is 14.4. The first kappa shape index (κ1) is 15.1. The monoisotopic (exact) mass is 317 g/mol. The topological polar surface area (TPSA) is 59.4 Å². The maximum atomic E-state index is 12.8. The molecule has 0 aliphatic heterocycles. The van der Waals surface area contributed by atoms with E-state index in [1.165, 1.54) is 12.1 Å². The van der Waals surface area contributed by atoms with Crippen molar-refractivity contribution in [2.45, 2.75) is 6.18 Å². The Labute approximate surface area is 121 Å². The van der Waals surface area contributed by atoms with Crippen LogP contribution in [0.4, 0.5) is 13.2 Å². The van der Waals surface area contributed by atoms with Crippen LogP contribution in [0.25, 0.3) is 0 Å². The molecule has 1 heterocycles. The predicted molar refractivity (Wildman–Crippen MR) is 67.7 cm³/mol. The number of carboxylic acid groups (broad SMARTS) is 1. The quantitative estimate of drug-likeness (QED) is 0.919. The van der Waals surface area contributed by atoms with E-state index in [4.69, 9.17) is 21.4 Å². The molecule has 0 atom stereocenters. The van der Waals surface area contributed by atoms with E-state index in [0.29, 0.717) is 0 Å². The van der Waals surface area contributed by atoms with E-state index in [1.807, 2.05) is 0 Å². The molecule has 0 saturated carbocycles. The van der Waals surface area contributed by atoms with Gasteiger partial charge in [0.1, 0.15) is 11.3 Å². The minimum atomic E-state index is -4.63. The maximum absolute atomic E-state index is 12.8. The first-order valence-corrected chi connectivity index (χ1v) is 5.90. The number of carbonyl (C=O) groups is 1. The van der Waals surface area contributed by atoms with Crippen molar-refractivity contribution >= 4 is 17.6 Å². The van der Waals surface area contributed by atoms with Gasteiger partial charge < -0.3 is 9.84 Å². The van der Waals surface area contributed by atoms with Gasteiger partial charge in [0.05, 0.1) is 10.6 Å². The van der Waals surface area contributed by atoms with Crippen LogP contribution in [-0.4, -0.2) is 16.1 Å². The Morgan fingerprint density at radius 2 is 2.00 bits per heavy atom. The molecule has 0 spiro atoms. The lowest BCUT2D eigenvalue weighted by Crippen LogP contribution is -2.08. The molecule has 2 rings (SSSR count). The number of halogens is 4. The Bertz CT molecular complexity index is 689. The average Bonchev–Trinajstić information content (AvgIpc) is 2.40. The third kappa shape index (κ3) is 3.43. The van der Waals surface area contributed by atoms with Crippen molar-refractivity contribution in [2.24, 2.45) is 0 Å². The van der Waals surface area contributed by atoms with E-state index in [2.05, 4.69) is 4.98 Å². The second-order valence-electron chi connectivity index (χ2n) is 3.90. The highest BCUT2D eigenvalue weighted by atomic mass is 35.5. The zero-order valence-electron chi connectivity index (χ0n) is 10.2. The summed E-state index contributed by atoms with van der Waals surface area (Å²) in [5.41, 5.74) is -1.34. The molecular weight excluding hydrogens is 311 g/mol. The Morgan fingerprint density at radius 3 is 2.62 bits per heavy atom. The van der Waals surface area contributed by atoms with Crippen LogP contribution < -0.4 is 4.74 Å². The third-order valence-corrected chi connectivity index (χ3v) is 2.79. The van der Waals surface area contributed by atoms with Gasteiger partial charge in [0.2, 0.25) is 5.88 Å². The van der Waals surface area contributed by atoms with Gasteiger partial charge in [-0.2, -0.15) is 13.2 Å². The normalized spacial score (nSPS) is 11.2. The number of aromatic carboxylic acids is 1. The molecule has 1 aromatic heterocycles. The molecule has 0 fully saturated rings. The lowest BCUT2D eigenvalue weighted by atomic mass is 10.2. The highest BCUT2D eigenvalue weighted by Gasteiger charge is 2.35. The van der Waals surface area contributed by atoms with Gasteiger partial charge in [-0.3, -0.25) is 0 Å². The Morgan fingerprint density at radius 1 is 1.29 bits per heavy atom. The number of ether oxygens (including phenoxy) is 1. The van der Waals surface area contributed by atoms with Crippen LogP contribution in [0.2, 0.25) is 5.02 Å². The molecule has 110 valence electrons. The third-order valence-electron chi connectivity index (χ3n) is 2.46. The Kier molecular flexibility index (Phi) is 4.04. The number of rotatable bonds is 3. The summed E-state index contributed by atoms with van der Waals surface area (Å²) in [7, 11) is 0. The highest BCUT2D eigenvalue weighted by molar-refractivity contribution is 6.33. The standard InChI is InChI=1S/C13H7ClF3NO3/c14-10-4-3-7(6-8(10)12(19)20)21-11-9(13(15,16)17)2-1-5-18-11/h1-6H,(H,19,20). The van der Waals surface area contributed by atoms with Crippen molar-refractivity contribution < 1.29 is 27.8 Å². The van der Waals surface area contributed by atoms with Crippen molar-refractivity contribution in [3.05, 3.63) is 52.7 Å². The molecule has 8 heteroatoms. The Balaban J connectivity index is 2.40. The molecule has 0 saturated heterocycles. The summed E-state index contributed by atoms with van der Waals surface area (Å²) >= 11 is 5.67. The summed E-state index contributed by atoms with van der Waals surface area (Å²) in [6.45, 7) is 0. The van der Waals surface area contributed by atoms with Gasteiger partial charge in [-0.1, -0.05) is 11.6 Å². The van der Waals surface area contributed by atoms with Crippen LogP contribution in [0.5, 0.6) is 11.6 Å². The van der Waals surface area contributed by atoms with Gasteiger partial charge in [0.15, 0.2) is 0 Å². The second kappa shape index (κ2) is 5.61. The van der Waals surface area contributed by atoms with Gasteiger partial charge in [-0.25, -0.2) is 9.78 Å². The van der Waals surface area contributed by atoms with Crippen molar-refractivity contribution in [1.82, 2.24) is 4.98 Å². The summed E-state index contributed by atoms with van der Waals surface area (Å²) in [5, 5.41) is 8.86. The molecule has 1 N–H and O–H groups in total. The number of hydrogen-bond acceptors (Lipinski definition) is 3. The first-order valence-electron chi connectivity index (χ1n) is 5.52. The van der Waals surface area contributed by atoms with Crippen molar-refractivity contribution in [3.63, 3.8) is 0 Å². The van der Waals surface area contributed by atoms with Crippen LogP contribution >= 0.6 is 11.6 Å². The van der Waals surface area contributed by atoms with Crippen LogP contribution in [0.3, 0.4) is 0 Å². The fourth-order valence-corrected chi connectivity index (χ4v) is 1.73. The minimum Gasteiger partial charge on any atom is -0.478 e. The van der Waals surface area contributed by atoms with Crippen LogP contribution in [-0.2, 0) is 6.18 Å². The van der Waals surface area contributed by atoms with E-state index in [9.17, 15) is 18.0 Å². The van der Waals surface area contributed by atoms with Crippen molar-refractivity contribution in [2.75, 3.05) is 0 Å². The van der Waals surface area contributed by atoms with E-state index < -0.39 is 23.6 Å². The zero-order valence-corrected chi connectivity index (χ0v) is 10.9. The van der Waals surface area contributed by atoms with E-state index >= 15 is 0 Å². The lowest BCUT2D eigenvalue weighted by molar-refractivity contribution is -0.138. The summed E-state index contributed by atoms with van der Waals surface area (Å²) < 4.78 is 43.4. The predicted octanol–water partition coefficient (Wildman–Crippen LogP) is 4.24. The molecule has 0 radical (unpaired) electrons. The van der Waals surface area contributed by atoms with Gasteiger partial charge in [-0.05, 0) is 30.3 Å². The molecule has 0 amide bonds. The maximum Gasteiger partial charge on any atom is 0.421 e. The molecule has 0 unspecified atom stereocenters. The van der Waals surface area contributed by atoms with Crippen LogP contribution in [0, 0.1) is 0 Å². The molecule has 0 aliphatic rings. The number of hydrogen-bond donors (Lipinski definition) is 1. The fourth-order valence-electron chi connectivity index (χ4n) is 1.53. The Hall–Kier alpha value is -2.28. The number of aromatic nitrogens is 1. The van der Waals surface area contributed by atoms with E-state index in [0.717, 1.165) is 24.4 Å². The molecule has 1 aromatic carbocycles. The molecule has 21 heavy (non-hydrogen) atoms. The van der Waals surface area contributed by atoms with Crippen molar-refractivity contribution in [3.8, 4) is 11.6 Å². The van der Waals surface area contributed by atoms with Crippen molar-refractivity contribution in [1.29, 1.82) is 0 Å². The molecule has 0 bridgehead atoms. The van der Waals surface area contributed by atoms with E-state index in [1.54, 1.807) is 0 Å². The number of carboxylic acids is 1. The van der Waals surface area contributed by atoms with Gasteiger partial charge >= 0.3 is 12.1 Å². The SMILES string of the molecule is O=C(O)c1cc(Oc2ncccc2C(F)(F)F)ccc1Cl. The molecule has 0 aliphatic carbocycles. The number of pyridine rings is 1. The molecular formula is C13H7ClF3NO3. The fraction of sp³-hybridized carbons (Fsp3) is 0.0769. The molecule has 4 nitrogen and oxygen atoms in total. The number of alkyl halides is 3. The minimum absolute atomic E-state index is 0.0492.